The van der Waals surface area contributed by atoms with E-state index in [1.54, 1.807) is 0 Å². The Balaban J connectivity index is 2.33. The van der Waals surface area contributed by atoms with Crippen LogP contribution in [0, 0.1) is 0 Å². The molecule has 0 bridgehead atoms. The molecule has 0 saturated heterocycles. The molecule has 1 rings (SSSR count). The molecule has 1 aromatic rings. The van der Waals surface area contributed by atoms with E-state index in [2.05, 4.69) is 17.0 Å². The molecule has 0 atom stereocenters. The van der Waals surface area contributed by atoms with Crippen molar-refractivity contribution in [2.24, 2.45) is 10.9 Å². The second kappa shape index (κ2) is 8.36. The topological polar surface area (TPSA) is 71.1 Å². The summed E-state index contributed by atoms with van der Waals surface area (Å²) in [6.45, 7) is 4.79. The first-order chi connectivity index (χ1) is 8.76. The van der Waals surface area contributed by atoms with Gasteiger partial charge in [0.1, 0.15) is 12.4 Å². The molecule has 3 N–H and O–H groups in total. The Hall–Kier alpha value is -1.75. The number of nitrogens with zero attached hydrogens (tertiary/aromatic N) is 2. The maximum Gasteiger partial charge on any atom is 0.153 e. The molecule has 0 amide bonds. The second-order valence-electron chi connectivity index (χ2n) is 4.03. The van der Waals surface area contributed by atoms with E-state index in [4.69, 9.17) is 15.7 Å². The van der Waals surface area contributed by atoms with Crippen LogP contribution in [0.1, 0.15) is 13.3 Å². The monoisotopic (exact) mass is 251 g/mol. The molecule has 0 aliphatic heterocycles. The predicted molar refractivity (Wildman–Crippen MR) is 72.1 cm³/mol. The van der Waals surface area contributed by atoms with E-state index in [1.807, 2.05) is 30.3 Å². The highest BCUT2D eigenvalue weighted by Crippen LogP contribution is 2.07. The van der Waals surface area contributed by atoms with Gasteiger partial charge in [-0.15, -0.1) is 0 Å². The average molecular weight is 251 g/mol. The third kappa shape index (κ3) is 5.54. The summed E-state index contributed by atoms with van der Waals surface area (Å²) in [5, 5.41) is 11.5. The lowest BCUT2D eigenvalue weighted by Gasteiger charge is -2.20. The molecule has 5 heteroatoms. The van der Waals surface area contributed by atoms with Crippen molar-refractivity contribution in [3.63, 3.8) is 0 Å². The van der Waals surface area contributed by atoms with E-state index in [-0.39, 0.29) is 5.84 Å². The normalized spacial score (nSPS) is 11.8. The van der Waals surface area contributed by atoms with Crippen LogP contribution in [-0.2, 0) is 0 Å². The molecule has 0 fully saturated rings. The van der Waals surface area contributed by atoms with Crippen LogP contribution in [0.3, 0.4) is 0 Å². The van der Waals surface area contributed by atoms with E-state index in [9.17, 15) is 0 Å². The maximum atomic E-state index is 8.56. The molecule has 0 aliphatic rings. The van der Waals surface area contributed by atoms with Gasteiger partial charge in [-0.2, -0.15) is 0 Å². The Morgan fingerprint density at radius 2 is 2.06 bits per heavy atom. The fourth-order valence-electron chi connectivity index (χ4n) is 1.66. The number of rotatable bonds is 8. The molecule has 18 heavy (non-hydrogen) atoms. The third-order valence-electron chi connectivity index (χ3n) is 2.47. The minimum atomic E-state index is 0.225. The summed E-state index contributed by atoms with van der Waals surface area (Å²) in [5.74, 6) is 1.08. The molecule has 0 aromatic heterocycles. The van der Waals surface area contributed by atoms with Gasteiger partial charge < -0.3 is 15.7 Å². The number of oxime groups is 1. The molecule has 0 heterocycles. The first-order valence-electron chi connectivity index (χ1n) is 6.13. The first-order valence-corrected chi connectivity index (χ1v) is 6.13. The van der Waals surface area contributed by atoms with E-state index in [0.717, 1.165) is 25.3 Å². The van der Waals surface area contributed by atoms with Gasteiger partial charge in [-0.1, -0.05) is 30.3 Å². The van der Waals surface area contributed by atoms with Crippen molar-refractivity contribution in [2.45, 2.75) is 13.3 Å². The van der Waals surface area contributed by atoms with Crippen LogP contribution in [0.15, 0.2) is 35.5 Å². The van der Waals surface area contributed by atoms with E-state index in [1.165, 1.54) is 0 Å². The molecular formula is C13H21N3O2. The summed E-state index contributed by atoms with van der Waals surface area (Å²) < 4.78 is 5.61. The van der Waals surface area contributed by atoms with Crippen molar-refractivity contribution in [3.05, 3.63) is 30.3 Å². The first kappa shape index (κ1) is 14.3. The zero-order valence-corrected chi connectivity index (χ0v) is 10.7. The summed E-state index contributed by atoms with van der Waals surface area (Å²) in [6.07, 6.45) is 1.02. The van der Waals surface area contributed by atoms with Crippen molar-refractivity contribution in [3.8, 4) is 5.75 Å². The summed E-state index contributed by atoms with van der Waals surface area (Å²) in [5.41, 5.74) is 5.50. The van der Waals surface area contributed by atoms with Gasteiger partial charge in [0.15, 0.2) is 5.84 Å². The lowest BCUT2D eigenvalue weighted by atomic mass is 10.3. The van der Waals surface area contributed by atoms with Crippen molar-refractivity contribution < 1.29 is 9.94 Å². The van der Waals surface area contributed by atoms with Crippen LogP contribution < -0.4 is 10.5 Å². The van der Waals surface area contributed by atoms with Gasteiger partial charge in [-0.05, 0) is 25.1 Å². The van der Waals surface area contributed by atoms with E-state index >= 15 is 0 Å². The van der Waals surface area contributed by atoms with Crippen LogP contribution in [0.4, 0.5) is 0 Å². The minimum Gasteiger partial charge on any atom is -0.492 e. The lowest BCUT2D eigenvalue weighted by Crippen LogP contribution is -2.37. The number of para-hydroxylation sites is 1. The SMILES string of the molecule is CCCN(CCOc1ccccc1)C/C(N)=N/O. The van der Waals surface area contributed by atoms with Crippen molar-refractivity contribution in [1.82, 2.24) is 4.90 Å². The molecule has 1 aromatic carbocycles. The van der Waals surface area contributed by atoms with Crippen LogP contribution in [-0.4, -0.2) is 42.2 Å². The highest BCUT2D eigenvalue weighted by atomic mass is 16.5. The number of hydrogen-bond donors (Lipinski definition) is 2. The van der Waals surface area contributed by atoms with Gasteiger partial charge in [-0.3, -0.25) is 4.90 Å². The lowest BCUT2D eigenvalue weighted by molar-refractivity contribution is 0.224. The fourth-order valence-corrected chi connectivity index (χ4v) is 1.66. The van der Waals surface area contributed by atoms with Gasteiger partial charge >= 0.3 is 0 Å². The molecular weight excluding hydrogens is 230 g/mol. The van der Waals surface area contributed by atoms with Gasteiger partial charge in [0.2, 0.25) is 0 Å². The summed E-state index contributed by atoms with van der Waals surface area (Å²) in [7, 11) is 0. The smallest absolute Gasteiger partial charge is 0.153 e. The standard InChI is InChI=1S/C13H21N3O2/c1-2-8-16(11-13(14)15-17)9-10-18-12-6-4-3-5-7-12/h3-7,17H,2,8-11H2,1H3,(H2,14,15). The summed E-state index contributed by atoms with van der Waals surface area (Å²) >= 11 is 0. The Morgan fingerprint density at radius 3 is 2.67 bits per heavy atom. The predicted octanol–water partition coefficient (Wildman–Crippen LogP) is 1.52. The van der Waals surface area contributed by atoms with Gasteiger partial charge in [0.25, 0.3) is 0 Å². The number of ether oxygens (including phenoxy) is 1. The largest absolute Gasteiger partial charge is 0.492 e. The molecule has 0 unspecified atom stereocenters. The molecule has 0 saturated carbocycles. The Kier molecular flexibility index (Phi) is 6.64. The summed E-state index contributed by atoms with van der Waals surface area (Å²) in [4.78, 5) is 2.10. The second-order valence-corrected chi connectivity index (χ2v) is 4.03. The maximum absolute atomic E-state index is 8.56. The zero-order chi connectivity index (χ0) is 13.2. The van der Waals surface area contributed by atoms with Gasteiger partial charge in [-0.25, -0.2) is 0 Å². The number of nitrogens with two attached hydrogens (primary N) is 1. The Morgan fingerprint density at radius 1 is 1.33 bits per heavy atom. The van der Waals surface area contributed by atoms with Crippen LogP contribution in [0.2, 0.25) is 0 Å². The van der Waals surface area contributed by atoms with Gasteiger partial charge in [0, 0.05) is 6.54 Å². The highest BCUT2D eigenvalue weighted by Gasteiger charge is 2.06. The molecule has 100 valence electrons. The fraction of sp³-hybridized carbons (Fsp3) is 0.462. The molecule has 0 aliphatic carbocycles. The highest BCUT2D eigenvalue weighted by molar-refractivity contribution is 5.81. The quantitative estimate of drug-likeness (QED) is 0.318. The molecule has 5 nitrogen and oxygen atoms in total. The Bertz CT molecular complexity index is 355. The van der Waals surface area contributed by atoms with Crippen LogP contribution in [0.25, 0.3) is 0 Å². The summed E-state index contributed by atoms with van der Waals surface area (Å²) in [6, 6.07) is 9.68. The van der Waals surface area contributed by atoms with Crippen LogP contribution >= 0.6 is 0 Å². The van der Waals surface area contributed by atoms with E-state index < -0.39 is 0 Å². The van der Waals surface area contributed by atoms with Gasteiger partial charge in [0.05, 0.1) is 6.54 Å². The van der Waals surface area contributed by atoms with E-state index in [0.29, 0.717) is 13.2 Å². The minimum absolute atomic E-state index is 0.225. The molecule has 0 spiro atoms. The third-order valence-corrected chi connectivity index (χ3v) is 2.47. The Labute approximate surface area is 108 Å². The number of amidine groups is 1. The average Bonchev–Trinajstić information content (AvgIpc) is 2.40. The van der Waals surface area contributed by atoms with Crippen LogP contribution in [0.5, 0.6) is 5.75 Å². The van der Waals surface area contributed by atoms with Crippen molar-refractivity contribution in [2.75, 3.05) is 26.2 Å². The number of hydrogen-bond acceptors (Lipinski definition) is 4. The zero-order valence-electron chi connectivity index (χ0n) is 10.7. The van der Waals surface area contributed by atoms with Crippen molar-refractivity contribution in [1.29, 1.82) is 0 Å². The van der Waals surface area contributed by atoms with Crippen molar-refractivity contribution >= 4 is 5.84 Å². The molecule has 0 radical (unpaired) electrons. The number of benzene rings is 1.